The summed E-state index contributed by atoms with van der Waals surface area (Å²) in [6.45, 7) is 4.02. The van der Waals surface area contributed by atoms with Crippen molar-refractivity contribution in [2.75, 3.05) is 0 Å². The predicted molar refractivity (Wildman–Crippen MR) is 112 cm³/mol. The fraction of sp³-hybridized carbons (Fsp3) is 0.100. The first kappa shape index (κ1) is 24.5. The molecule has 2 heterocycles. The molecule has 4 rings (SSSR count). The predicted octanol–water partition coefficient (Wildman–Crippen LogP) is 4.61. The molecule has 0 amide bonds. The number of benzene rings is 2. The van der Waals surface area contributed by atoms with E-state index in [9.17, 15) is 30.3 Å². The number of non-ortho nitro benzene ring substituents is 3. The summed E-state index contributed by atoms with van der Waals surface area (Å²) in [7, 11) is 0. The Morgan fingerprint density at radius 1 is 0.688 bits per heavy atom. The van der Waals surface area contributed by atoms with Crippen molar-refractivity contribution in [3.63, 3.8) is 0 Å². The molecular formula is C20H14AuN5O6. The molecule has 0 aliphatic carbocycles. The summed E-state index contributed by atoms with van der Waals surface area (Å²) < 4.78 is 0. The number of fused-ring (bicyclic) bond motifs is 3. The van der Waals surface area contributed by atoms with Crippen LogP contribution in [-0.2, 0) is 22.4 Å². The number of nitro benzene ring substituents is 3. The van der Waals surface area contributed by atoms with Gasteiger partial charge in [0.2, 0.25) is 0 Å². The van der Waals surface area contributed by atoms with E-state index in [-0.39, 0.29) is 22.4 Å². The number of pyridine rings is 2. The smallest absolute Gasteiger partial charge is 0.260 e. The molecule has 0 aliphatic heterocycles. The van der Waals surface area contributed by atoms with Gasteiger partial charge >= 0.3 is 22.4 Å². The van der Waals surface area contributed by atoms with E-state index < -0.39 is 31.8 Å². The van der Waals surface area contributed by atoms with Gasteiger partial charge in [-0.25, -0.2) is 0 Å². The van der Waals surface area contributed by atoms with Gasteiger partial charge in [0.25, 0.3) is 0 Å². The summed E-state index contributed by atoms with van der Waals surface area (Å²) in [5.74, 6) is 0. The fourth-order valence-electron chi connectivity index (χ4n) is 2.79. The molecule has 0 saturated heterocycles. The zero-order valence-corrected chi connectivity index (χ0v) is 18.8. The minimum atomic E-state index is -0.986. The largest absolute Gasteiger partial charge is 1.00 e. The third-order valence-corrected chi connectivity index (χ3v) is 4.23. The molecule has 2 aromatic carbocycles. The number of nitro groups is 3. The Bertz CT molecular complexity index is 1220. The van der Waals surface area contributed by atoms with Crippen LogP contribution in [0.2, 0.25) is 0 Å². The van der Waals surface area contributed by atoms with E-state index in [1.165, 1.54) is 0 Å². The summed E-state index contributed by atoms with van der Waals surface area (Å²) in [5, 5.41) is 33.2. The Morgan fingerprint density at radius 2 is 1.06 bits per heavy atom. The van der Waals surface area contributed by atoms with Crippen molar-refractivity contribution in [1.29, 1.82) is 0 Å². The zero-order valence-electron chi connectivity index (χ0n) is 16.6. The maximum absolute atomic E-state index is 10.3. The summed E-state index contributed by atoms with van der Waals surface area (Å²) in [4.78, 5) is 37.1. The van der Waals surface area contributed by atoms with Crippen molar-refractivity contribution in [3.8, 4) is 0 Å². The maximum atomic E-state index is 10.3. The molecule has 0 bridgehead atoms. The molecule has 2 aromatic heterocycles. The van der Waals surface area contributed by atoms with Crippen LogP contribution in [0.1, 0.15) is 11.4 Å². The van der Waals surface area contributed by atoms with Crippen LogP contribution >= 0.6 is 0 Å². The van der Waals surface area contributed by atoms with Gasteiger partial charge < -0.3 is 0 Å². The van der Waals surface area contributed by atoms with Crippen molar-refractivity contribution in [2.45, 2.75) is 13.8 Å². The average Bonchev–Trinajstić information content (AvgIpc) is 2.73. The van der Waals surface area contributed by atoms with Crippen molar-refractivity contribution in [1.82, 2.24) is 9.97 Å². The summed E-state index contributed by atoms with van der Waals surface area (Å²) in [6, 6.07) is 15.5. The third-order valence-electron chi connectivity index (χ3n) is 4.23. The van der Waals surface area contributed by atoms with Crippen molar-refractivity contribution in [3.05, 3.63) is 96.3 Å². The topological polar surface area (TPSA) is 155 Å². The van der Waals surface area contributed by atoms with Gasteiger partial charge in [-0.05, 0) is 44.2 Å². The Morgan fingerprint density at radius 3 is 1.41 bits per heavy atom. The van der Waals surface area contributed by atoms with Crippen LogP contribution in [0.4, 0.5) is 17.1 Å². The first-order valence-corrected chi connectivity index (χ1v) is 8.80. The molecule has 4 aromatic rings. The standard InChI is InChI=1S/C14H12N2.C6H2N3O6.Au/c1-9-3-5-11-7-8-12-6-4-10(2)16-14(12)13(11)15-9;10-7(11)4-1-5(8(12)13)3-6(2-4)9(14)15;/h3-8H,1-2H3;1-2H;/q;-1;+1. The molecule has 11 nitrogen and oxygen atoms in total. The normalized spacial score (nSPS) is 10.1. The Hall–Kier alpha value is -3.80. The van der Waals surface area contributed by atoms with Crippen LogP contribution in [0.15, 0.2) is 48.5 Å². The second-order valence-corrected chi connectivity index (χ2v) is 6.49. The van der Waals surface area contributed by atoms with Crippen LogP contribution in [-0.4, -0.2) is 24.7 Å². The molecule has 12 heteroatoms. The molecule has 0 fully saturated rings. The van der Waals surface area contributed by atoms with Gasteiger partial charge in [0.1, 0.15) is 0 Å². The SMILES string of the molecule is Cc1ccc2ccc3ccc(C)nc3c2n1.O=[N+]([O-])c1[c-]c([N+](=O)[O-])cc([N+](=O)[O-])c1.[Au+]. The van der Waals surface area contributed by atoms with E-state index in [0.29, 0.717) is 12.1 Å². The van der Waals surface area contributed by atoms with Gasteiger partial charge in [-0.1, -0.05) is 24.3 Å². The van der Waals surface area contributed by atoms with Crippen LogP contribution < -0.4 is 0 Å². The average molecular weight is 617 g/mol. The van der Waals surface area contributed by atoms with Crippen LogP contribution in [0.3, 0.4) is 0 Å². The number of nitrogens with zero attached hydrogens (tertiary/aromatic N) is 5. The zero-order chi connectivity index (χ0) is 22.7. The van der Waals surface area contributed by atoms with Crippen molar-refractivity contribution < 1.29 is 37.2 Å². The maximum Gasteiger partial charge on any atom is 1.00 e. The number of aryl methyl sites for hydroxylation is 2. The molecular weight excluding hydrogens is 603 g/mol. The first-order valence-electron chi connectivity index (χ1n) is 8.80. The number of aromatic nitrogens is 2. The van der Waals surface area contributed by atoms with Crippen LogP contribution in [0.25, 0.3) is 21.8 Å². The first-order chi connectivity index (χ1) is 14.7. The van der Waals surface area contributed by atoms with E-state index in [4.69, 9.17) is 0 Å². The summed E-state index contributed by atoms with van der Waals surface area (Å²) in [5.41, 5.74) is 1.73. The molecule has 0 spiro atoms. The third kappa shape index (κ3) is 5.46. The molecule has 0 atom stereocenters. The van der Waals surface area contributed by atoms with E-state index >= 15 is 0 Å². The quantitative estimate of drug-likeness (QED) is 0.106. The summed E-state index contributed by atoms with van der Waals surface area (Å²) in [6.07, 6.45) is 0. The summed E-state index contributed by atoms with van der Waals surface area (Å²) >= 11 is 0. The molecule has 0 aliphatic rings. The number of rotatable bonds is 3. The van der Waals surface area contributed by atoms with E-state index in [1.54, 1.807) is 0 Å². The Balaban J connectivity index is 0.000000221. The molecule has 0 radical (unpaired) electrons. The fourth-order valence-corrected chi connectivity index (χ4v) is 2.79. The van der Waals surface area contributed by atoms with Gasteiger partial charge in [0, 0.05) is 36.9 Å². The van der Waals surface area contributed by atoms with Crippen LogP contribution in [0.5, 0.6) is 0 Å². The van der Waals surface area contributed by atoms with Gasteiger partial charge in [-0.2, -0.15) is 0 Å². The number of hydrogen-bond acceptors (Lipinski definition) is 8. The van der Waals surface area contributed by atoms with Crippen molar-refractivity contribution >= 4 is 38.9 Å². The van der Waals surface area contributed by atoms with Gasteiger partial charge in [-0.3, -0.25) is 40.3 Å². The molecule has 0 saturated carbocycles. The minimum absolute atomic E-state index is 0. The van der Waals surface area contributed by atoms with Gasteiger partial charge in [-0.15, -0.1) is 0 Å². The molecule has 32 heavy (non-hydrogen) atoms. The second kappa shape index (κ2) is 10.0. The van der Waals surface area contributed by atoms with Crippen molar-refractivity contribution in [2.24, 2.45) is 0 Å². The molecule has 166 valence electrons. The monoisotopic (exact) mass is 617 g/mol. The molecule has 0 unspecified atom stereocenters. The van der Waals surface area contributed by atoms with E-state index in [0.717, 1.165) is 33.2 Å². The Labute approximate surface area is 196 Å². The van der Waals surface area contributed by atoms with Gasteiger partial charge in [0.05, 0.1) is 11.0 Å². The number of hydrogen-bond donors (Lipinski definition) is 0. The molecule has 0 N–H and O–H groups in total. The van der Waals surface area contributed by atoms with Crippen LogP contribution in [0, 0.1) is 50.3 Å². The minimum Gasteiger partial charge on any atom is -0.260 e. The van der Waals surface area contributed by atoms with E-state index in [2.05, 4.69) is 34.2 Å². The Kier molecular flexibility index (Phi) is 7.65. The second-order valence-electron chi connectivity index (χ2n) is 6.49. The van der Waals surface area contributed by atoms with Gasteiger partial charge in [0.15, 0.2) is 17.1 Å². The van der Waals surface area contributed by atoms with E-state index in [1.807, 2.05) is 32.0 Å².